The molecule has 0 saturated carbocycles. The third kappa shape index (κ3) is 4.78. The van der Waals surface area contributed by atoms with E-state index in [2.05, 4.69) is 5.32 Å². The first kappa shape index (κ1) is 23.0. The number of nitrogens with one attached hydrogen (secondary N) is 1. The lowest BCUT2D eigenvalue weighted by atomic mass is 10.0. The Hall–Kier alpha value is -4.13. The van der Waals surface area contributed by atoms with Crippen LogP contribution in [0.5, 0.6) is 11.5 Å². The number of hydrogen-bond donors (Lipinski definition) is 1. The van der Waals surface area contributed by atoms with Crippen LogP contribution in [0.25, 0.3) is 5.57 Å². The van der Waals surface area contributed by atoms with E-state index in [0.717, 1.165) is 4.90 Å². The monoisotopic (exact) mass is 460 g/mol. The zero-order valence-electron chi connectivity index (χ0n) is 19.2. The van der Waals surface area contributed by atoms with Gasteiger partial charge in [-0.2, -0.15) is 0 Å². The van der Waals surface area contributed by atoms with Crippen molar-refractivity contribution in [3.63, 3.8) is 0 Å². The molecule has 3 aromatic rings. The summed E-state index contributed by atoms with van der Waals surface area (Å²) < 4.78 is 24.7. The quantitative estimate of drug-likeness (QED) is 0.456. The molecule has 0 aliphatic carbocycles. The summed E-state index contributed by atoms with van der Waals surface area (Å²) in [5.41, 5.74) is 1.75. The van der Waals surface area contributed by atoms with Crippen molar-refractivity contribution in [1.29, 1.82) is 0 Å². The first-order valence-corrected chi connectivity index (χ1v) is 11.0. The van der Waals surface area contributed by atoms with Gasteiger partial charge < -0.3 is 14.8 Å². The van der Waals surface area contributed by atoms with Gasteiger partial charge in [-0.05, 0) is 87.0 Å². The summed E-state index contributed by atoms with van der Waals surface area (Å²) in [6.45, 7) is 6.26. The smallest absolute Gasteiger partial charge is 0.282 e. The minimum absolute atomic E-state index is 0.00226. The maximum atomic E-state index is 13.5. The minimum Gasteiger partial charge on any atom is -0.494 e. The number of carbonyl (C=O) groups excluding carboxylic acids is 2. The summed E-state index contributed by atoms with van der Waals surface area (Å²) in [5, 5.41) is 3.08. The second-order valence-electron chi connectivity index (χ2n) is 7.95. The zero-order valence-corrected chi connectivity index (χ0v) is 19.2. The molecule has 6 nitrogen and oxygen atoms in total. The normalized spacial score (nSPS) is 13.6. The Morgan fingerprint density at radius 3 is 2.06 bits per heavy atom. The maximum absolute atomic E-state index is 13.5. The summed E-state index contributed by atoms with van der Waals surface area (Å²) in [6, 6.07) is 19.3. The first-order valence-electron chi connectivity index (χ1n) is 11.0. The molecule has 7 heteroatoms. The second-order valence-corrected chi connectivity index (χ2v) is 7.95. The van der Waals surface area contributed by atoms with Crippen molar-refractivity contribution in [1.82, 2.24) is 0 Å². The van der Waals surface area contributed by atoms with Crippen molar-refractivity contribution < 1.29 is 23.5 Å². The van der Waals surface area contributed by atoms with Crippen LogP contribution in [0.2, 0.25) is 0 Å². The van der Waals surface area contributed by atoms with Crippen LogP contribution >= 0.6 is 0 Å². The second kappa shape index (κ2) is 9.79. The molecule has 2 amide bonds. The summed E-state index contributed by atoms with van der Waals surface area (Å²) in [6.07, 6.45) is -0.00226. The summed E-state index contributed by atoms with van der Waals surface area (Å²) >= 11 is 0. The molecular weight excluding hydrogens is 435 g/mol. The lowest BCUT2D eigenvalue weighted by Gasteiger charge is -2.17. The van der Waals surface area contributed by atoms with E-state index in [1.54, 1.807) is 48.5 Å². The first-order chi connectivity index (χ1) is 16.4. The van der Waals surface area contributed by atoms with E-state index in [1.807, 2.05) is 20.8 Å². The van der Waals surface area contributed by atoms with E-state index in [0.29, 0.717) is 35.0 Å². The van der Waals surface area contributed by atoms with Gasteiger partial charge in [0.15, 0.2) is 0 Å². The van der Waals surface area contributed by atoms with Gasteiger partial charge in [0.1, 0.15) is 23.0 Å². The maximum Gasteiger partial charge on any atom is 0.282 e. The van der Waals surface area contributed by atoms with Crippen LogP contribution in [0.15, 0.2) is 78.5 Å². The standard InChI is InChI=1S/C27H25FN2O4/c1-4-33-22-13-9-20(10-14-22)29-25-24(18-5-7-19(28)8-6-18)26(31)30(27(25)32)21-11-15-23(16-12-21)34-17(2)3/h5-17,29H,4H2,1-3H3. The third-order valence-electron chi connectivity index (χ3n) is 5.12. The van der Waals surface area contributed by atoms with Crippen LogP contribution in [0.3, 0.4) is 0 Å². The van der Waals surface area contributed by atoms with Crippen molar-refractivity contribution in [2.75, 3.05) is 16.8 Å². The molecule has 3 aromatic carbocycles. The SMILES string of the molecule is CCOc1ccc(NC2=C(c3ccc(F)cc3)C(=O)N(c3ccc(OC(C)C)cc3)C2=O)cc1. The topological polar surface area (TPSA) is 67.9 Å². The Bertz CT molecular complexity index is 1220. The molecule has 0 atom stereocenters. The summed E-state index contributed by atoms with van der Waals surface area (Å²) in [5.74, 6) is -0.102. The fraction of sp³-hybridized carbons (Fsp3) is 0.185. The van der Waals surface area contributed by atoms with Gasteiger partial charge in [-0.25, -0.2) is 9.29 Å². The molecule has 0 bridgehead atoms. The zero-order chi connectivity index (χ0) is 24.2. The lowest BCUT2D eigenvalue weighted by Crippen LogP contribution is -2.32. The predicted molar refractivity (Wildman–Crippen MR) is 129 cm³/mol. The largest absolute Gasteiger partial charge is 0.494 e. The number of benzene rings is 3. The van der Waals surface area contributed by atoms with Crippen molar-refractivity contribution in [2.24, 2.45) is 0 Å². The Labute approximate surface area is 197 Å². The fourth-order valence-corrected chi connectivity index (χ4v) is 3.66. The molecule has 4 rings (SSSR count). The van der Waals surface area contributed by atoms with Gasteiger partial charge in [0.05, 0.1) is 24.0 Å². The fourth-order valence-electron chi connectivity index (χ4n) is 3.66. The van der Waals surface area contributed by atoms with E-state index in [4.69, 9.17) is 9.47 Å². The van der Waals surface area contributed by atoms with E-state index in [9.17, 15) is 14.0 Å². The van der Waals surface area contributed by atoms with Gasteiger partial charge in [-0.3, -0.25) is 9.59 Å². The van der Waals surface area contributed by atoms with Gasteiger partial charge in [0, 0.05) is 5.69 Å². The highest BCUT2D eigenvalue weighted by molar-refractivity contribution is 6.46. The Balaban J connectivity index is 1.70. The molecule has 0 saturated heterocycles. The van der Waals surface area contributed by atoms with Gasteiger partial charge in [-0.15, -0.1) is 0 Å². The number of amides is 2. The highest BCUT2D eigenvalue weighted by Gasteiger charge is 2.40. The summed E-state index contributed by atoms with van der Waals surface area (Å²) in [4.78, 5) is 28.0. The molecular formula is C27H25FN2O4. The van der Waals surface area contributed by atoms with Crippen LogP contribution in [-0.2, 0) is 9.59 Å². The number of rotatable bonds is 8. The average molecular weight is 461 g/mol. The molecule has 34 heavy (non-hydrogen) atoms. The molecule has 0 fully saturated rings. The summed E-state index contributed by atoms with van der Waals surface area (Å²) in [7, 11) is 0. The van der Waals surface area contributed by atoms with Gasteiger partial charge >= 0.3 is 0 Å². The van der Waals surface area contributed by atoms with E-state index < -0.39 is 17.6 Å². The molecule has 0 unspecified atom stereocenters. The van der Waals surface area contributed by atoms with Gasteiger partial charge in [0.2, 0.25) is 0 Å². The van der Waals surface area contributed by atoms with Crippen LogP contribution < -0.4 is 19.7 Å². The molecule has 1 heterocycles. The number of imide groups is 1. The van der Waals surface area contributed by atoms with Crippen LogP contribution in [0, 0.1) is 5.82 Å². The van der Waals surface area contributed by atoms with Crippen LogP contribution in [0.1, 0.15) is 26.3 Å². The van der Waals surface area contributed by atoms with Crippen molar-refractivity contribution >= 4 is 28.8 Å². The van der Waals surface area contributed by atoms with E-state index in [1.165, 1.54) is 24.3 Å². The van der Waals surface area contributed by atoms with Crippen LogP contribution in [-0.4, -0.2) is 24.5 Å². The number of carbonyl (C=O) groups is 2. The lowest BCUT2D eigenvalue weighted by molar-refractivity contribution is -0.120. The average Bonchev–Trinajstić information content (AvgIpc) is 3.05. The highest BCUT2D eigenvalue weighted by Crippen LogP contribution is 2.34. The number of anilines is 2. The van der Waals surface area contributed by atoms with Crippen molar-refractivity contribution in [3.8, 4) is 11.5 Å². The number of ether oxygens (including phenoxy) is 2. The number of halogens is 1. The van der Waals surface area contributed by atoms with Crippen molar-refractivity contribution in [2.45, 2.75) is 26.9 Å². The number of nitrogens with zero attached hydrogens (tertiary/aromatic N) is 1. The predicted octanol–water partition coefficient (Wildman–Crippen LogP) is 5.41. The van der Waals surface area contributed by atoms with Crippen molar-refractivity contribution in [3.05, 3.63) is 89.9 Å². The van der Waals surface area contributed by atoms with Crippen LogP contribution in [0.4, 0.5) is 15.8 Å². The number of hydrogen-bond acceptors (Lipinski definition) is 5. The molecule has 1 aliphatic heterocycles. The Kier molecular flexibility index (Phi) is 6.63. The Morgan fingerprint density at radius 1 is 0.853 bits per heavy atom. The van der Waals surface area contributed by atoms with E-state index in [-0.39, 0.29) is 17.4 Å². The molecule has 1 N–H and O–H groups in total. The van der Waals surface area contributed by atoms with Gasteiger partial charge in [-0.1, -0.05) is 12.1 Å². The third-order valence-corrected chi connectivity index (χ3v) is 5.12. The Morgan fingerprint density at radius 2 is 1.47 bits per heavy atom. The molecule has 0 spiro atoms. The molecule has 174 valence electrons. The van der Waals surface area contributed by atoms with Gasteiger partial charge in [0.25, 0.3) is 11.8 Å². The highest BCUT2D eigenvalue weighted by atomic mass is 19.1. The molecule has 0 radical (unpaired) electrons. The van der Waals surface area contributed by atoms with E-state index >= 15 is 0 Å². The molecule has 0 aromatic heterocycles. The minimum atomic E-state index is -0.504. The molecule has 1 aliphatic rings.